The van der Waals surface area contributed by atoms with Crippen LogP contribution < -0.4 is 0 Å². The number of rotatable bonds is 6. The Kier molecular flexibility index (Phi) is 10.2. The molecule has 1 rings (SSSR count). The molecular formula is C16H28. The van der Waals surface area contributed by atoms with Gasteiger partial charge in [0.1, 0.15) is 0 Å². The fourth-order valence-electron chi connectivity index (χ4n) is 1.67. The molecular weight excluding hydrogens is 192 g/mol. The lowest BCUT2D eigenvalue weighted by molar-refractivity contribution is 0.484. The van der Waals surface area contributed by atoms with E-state index in [1.54, 1.807) is 0 Å². The van der Waals surface area contributed by atoms with Crippen LogP contribution in [0.15, 0.2) is 30.3 Å². The van der Waals surface area contributed by atoms with Crippen LogP contribution in [0.2, 0.25) is 0 Å². The molecule has 0 nitrogen and oxygen atoms in total. The summed E-state index contributed by atoms with van der Waals surface area (Å²) in [5, 5.41) is 0. The van der Waals surface area contributed by atoms with Gasteiger partial charge < -0.3 is 0 Å². The van der Waals surface area contributed by atoms with E-state index in [-0.39, 0.29) is 0 Å². The van der Waals surface area contributed by atoms with Gasteiger partial charge in [0.25, 0.3) is 0 Å². The lowest BCUT2D eigenvalue weighted by Gasteiger charge is -2.07. The minimum Gasteiger partial charge on any atom is -0.0683 e. The Bertz CT molecular complexity index is 225. The number of hydrogen-bond acceptors (Lipinski definition) is 0. The molecule has 0 heterocycles. The third-order valence-electron chi connectivity index (χ3n) is 2.95. The van der Waals surface area contributed by atoms with Gasteiger partial charge in [-0.15, -0.1) is 0 Å². The third kappa shape index (κ3) is 7.50. The number of hydrogen-bond donors (Lipinski definition) is 0. The van der Waals surface area contributed by atoms with Crippen molar-refractivity contribution in [2.75, 3.05) is 0 Å². The van der Waals surface area contributed by atoms with Crippen LogP contribution in [0.3, 0.4) is 0 Å². The maximum atomic E-state index is 2.35. The van der Waals surface area contributed by atoms with Gasteiger partial charge in [0.15, 0.2) is 0 Å². The Morgan fingerprint density at radius 1 is 1.00 bits per heavy atom. The van der Waals surface area contributed by atoms with Crippen molar-refractivity contribution in [3.63, 3.8) is 0 Å². The van der Waals surface area contributed by atoms with Crippen LogP contribution in [0.4, 0.5) is 0 Å². The van der Waals surface area contributed by atoms with Crippen molar-refractivity contribution in [1.82, 2.24) is 0 Å². The van der Waals surface area contributed by atoms with Gasteiger partial charge in [-0.1, -0.05) is 77.3 Å². The molecule has 0 amide bonds. The van der Waals surface area contributed by atoms with E-state index in [0.717, 1.165) is 5.92 Å². The van der Waals surface area contributed by atoms with Gasteiger partial charge in [-0.05, 0) is 24.3 Å². The largest absolute Gasteiger partial charge is 0.0683 e. The highest BCUT2D eigenvalue weighted by molar-refractivity contribution is 5.14. The highest BCUT2D eigenvalue weighted by Crippen LogP contribution is 2.13. The lowest BCUT2D eigenvalue weighted by atomic mass is 9.99. The zero-order chi connectivity index (χ0) is 12.2. The zero-order valence-corrected chi connectivity index (χ0v) is 11.5. The Morgan fingerprint density at radius 3 is 2.19 bits per heavy atom. The molecule has 0 bridgehead atoms. The van der Waals surface area contributed by atoms with Crippen LogP contribution >= 0.6 is 0 Å². The van der Waals surface area contributed by atoms with Crippen molar-refractivity contribution in [2.24, 2.45) is 5.92 Å². The second-order valence-electron chi connectivity index (χ2n) is 4.24. The van der Waals surface area contributed by atoms with E-state index < -0.39 is 0 Å². The first-order valence-corrected chi connectivity index (χ1v) is 6.87. The molecule has 1 unspecified atom stereocenters. The Hall–Kier alpha value is -0.780. The predicted molar refractivity (Wildman–Crippen MR) is 74.8 cm³/mol. The van der Waals surface area contributed by atoms with Crippen molar-refractivity contribution in [2.45, 2.75) is 59.8 Å². The molecule has 92 valence electrons. The molecule has 0 heteroatoms. The van der Waals surface area contributed by atoms with Crippen LogP contribution in [0.1, 0.15) is 58.9 Å². The van der Waals surface area contributed by atoms with Gasteiger partial charge in [0.05, 0.1) is 0 Å². The molecule has 0 saturated heterocycles. The molecule has 0 aliphatic rings. The molecule has 0 N–H and O–H groups in total. The van der Waals surface area contributed by atoms with Crippen LogP contribution in [0, 0.1) is 5.92 Å². The van der Waals surface area contributed by atoms with Gasteiger partial charge in [0.2, 0.25) is 0 Å². The van der Waals surface area contributed by atoms with Gasteiger partial charge in [-0.3, -0.25) is 0 Å². The first kappa shape index (κ1) is 15.2. The van der Waals surface area contributed by atoms with Crippen molar-refractivity contribution >= 4 is 0 Å². The van der Waals surface area contributed by atoms with E-state index in [4.69, 9.17) is 0 Å². The molecule has 0 radical (unpaired) electrons. The molecule has 0 aliphatic heterocycles. The summed E-state index contributed by atoms with van der Waals surface area (Å²) < 4.78 is 0. The second-order valence-corrected chi connectivity index (χ2v) is 4.24. The third-order valence-corrected chi connectivity index (χ3v) is 2.95. The summed E-state index contributed by atoms with van der Waals surface area (Å²) in [7, 11) is 0. The molecule has 0 fully saturated rings. The van der Waals surface area contributed by atoms with E-state index in [1.165, 1.54) is 37.7 Å². The number of benzene rings is 1. The average Bonchev–Trinajstić information content (AvgIpc) is 2.38. The Morgan fingerprint density at radius 2 is 1.62 bits per heavy atom. The topological polar surface area (TPSA) is 0 Å². The van der Waals surface area contributed by atoms with Gasteiger partial charge in [-0.2, -0.15) is 0 Å². The van der Waals surface area contributed by atoms with Crippen molar-refractivity contribution in [3.8, 4) is 0 Å². The summed E-state index contributed by atoms with van der Waals surface area (Å²) >= 11 is 0. The summed E-state index contributed by atoms with van der Waals surface area (Å²) in [5.74, 6) is 0.908. The van der Waals surface area contributed by atoms with Gasteiger partial charge in [0, 0.05) is 0 Å². The van der Waals surface area contributed by atoms with E-state index in [1.807, 2.05) is 13.8 Å². The number of aryl methyl sites for hydroxylation is 1. The fourth-order valence-corrected chi connectivity index (χ4v) is 1.67. The van der Waals surface area contributed by atoms with Gasteiger partial charge >= 0.3 is 0 Å². The van der Waals surface area contributed by atoms with Crippen molar-refractivity contribution in [3.05, 3.63) is 35.9 Å². The first-order valence-electron chi connectivity index (χ1n) is 6.87. The minimum atomic E-state index is 0.908. The van der Waals surface area contributed by atoms with Crippen LogP contribution in [0.5, 0.6) is 0 Å². The SMILES string of the molecule is CC.CCC(C)CCCCc1ccccc1. The smallest absolute Gasteiger partial charge is 0.0279 e. The minimum absolute atomic E-state index is 0.908. The molecule has 0 spiro atoms. The first-order chi connectivity index (χ1) is 7.83. The van der Waals surface area contributed by atoms with Crippen molar-refractivity contribution in [1.29, 1.82) is 0 Å². The molecule has 1 aromatic carbocycles. The monoisotopic (exact) mass is 220 g/mol. The van der Waals surface area contributed by atoms with Crippen LogP contribution in [-0.4, -0.2) is 0 Å². The van der Waals surface area contributed by atoms with E-state index in [9.17, 15) is 0 Å². The van der Waals surface area contributed by atoms with E-state index in [2.05, 4.69) is 44.2 Å². The number of unbranched alkanes of at least 4 members (excludes halogenated alkanes) is 1. The van der Waals surface area contributed by atoms with E-state index >= 15 is 0 Å². The summed E-state index contributed by atoms with van der Waals surface area (Å²) in [4.78, 5) is 0. The summed E-state index contributed by atoms with van der Waals surface area (Å²) in [6.45, 7) is 8.63. The van der Waals surface area contributed by atoms with E-state index in [0.29, 0.717) is 0 Å². The van der Waals surface area contributed by atoms with Gasteiger partial charge in [-0.25, -0.2) is 0 Å². The summed E-state index contributed by atoms with van der Waals surface area (Å²) in [6, 6.07) is 10.8. The highest BCUT2D eigenvalue weighted by atomic mass is 14.0. The Labute approximate surface area is 102 Å². The molecule has 0 saturated carbocycles. The molecule has 1 atom stereocenters. The molecule has 16 heavy (non-hydrogen) atoms. The highest BCUT2D eigenvalue weighted by Gasteiger charge is 1.98. The van der Waals surface area contributed by atoms with Crippen molar-refractivity contribution < 1.29 is 0 Å². The van der Waals surface area contributed by atoms with Crippen LogP contribution in [-0.2, 0) is 6.42 Å². The second kappa shape index (κ2) is 10.7. The molecule has 0 aromatic heterocycles. The normalized spacial score (nSPS) is 11.5. The average molecular weight is 220 g/mol. The summed E-state index contributed by atoms with van der Waals surface area (Å²) in [5.41, 5.74) is 1.48. The van der Waals surface area contributed by atoms with Crippen LogP contribution in [0.25, 0.3) is 0 Å². The quantitative estimate of drug-likeness (QED) is 0.557. The Balaban J connectivity index is 0.00000106. The zero-order valence-electron chi connectivity index (χ0n) is 11.5. The summed E-state index contributed by atoms with van der Waals surface area (Å²) in [6.07, 6.45) is 6.68. The maximum absolute atomic E-state index is 2.35. The maximum Gasteiger partial charge on any atom is -0.0279 e. The molecule has 1 aromatic rings. The fraction of sp³-hybridized carbons (Fsp3) is 0.625. The molecule has 0 aliphatic carbocycles. The lowest BCUT2D eigenvalue weighted by Crippen LogP contribution is -1.93. The predicted octanol–water partition coefficient (Wildman–Crippen LogP) is 5.47. The standard InChI is InChI=1S/C14H22.C2H6/c1-3-13(2)9-7-8-12-14-10-5-4-6-11-14;1-2/h4-6,10-11,13H,3,7-9,12H2,1-2H3;1-2H3.